The predicted molar refractivity (Wildman–Crippen MR) is 182 cm³/mol. The molecule has 1 aliphatic rings. The van der Waals surface area contributed by atoms with Gasteiger partial charge < -0.3 is 9.73 Å². The highest BCUT2D eigenvalue weighted by molar-refractivity contribution is 7.99. The average molecular weight is 655 g/mol. The summed E-state index contributed by atoms with van der Waals surface area (Å²) >= 11 is 2.87. The molecule has 3 aromatic heterocycles. The first kappa shape index (κ1) is 31.4. The van der Waals surface area contributed by atoms with Gasteiger partial charge in [-0.05, 0) is 85.2 Å². The number of hydrogen-bond acceptors (Lipinski definition) is 9. The third-order valence-corrected chi connectivity index (χ3v) is 10.5. The molecule has 1 amide bonds. The number of anilines is 1. The molecular formula is C34H34N6O4S2. The fraction of sp³-hybridized carbons (Fsp3) is 0.294. The van der Waals surface area contributed by atoms with Gasteiger partial charge in [-0.1, -0.05) is 39.0 Å². The lowest BCUT2D eigenvalue weighted by Crippen LogP contribution is -2.27. The van der Waals surface area contributed by atoms with E-state index in [1.54, 1.807) is 24.6 Å². The van der Waals surface area contributed by atoms with Crippen molar-refractivity contribution in [1.29, 1.82) is 0 Å². The summed E-state index contributed by atoms with van der Waals surface area (Å²) in [6.45, 7) is 9.37. The molecule has 0 saturated carbocycles. The second kappa shape index (κ2) is 13.1. The molecule has 0 saturated heterocycles. The van der Waals surface area contributed by atoms with Crippen molar-refractivity contribution in [3.05, 3.63) is 98.6 Å². The van der Waals surface area contributed by atoms with Gasteiger partial charge in [0.2, 0.25) is 0 Å². The number of furan rings is 1. The molecule has 3 heterocycles. The fourth-order valence-corrected chi connectivity index (χ4v) is 7.90. The SMILES string of the molecule is CCn1c(Sc2ccc([N+](=O)[O-])cc2C=Nc2sc3c(c2C(=O)Nc2ccccc2)CC[C@H](C(C)(C)C)C3)nnc1-c1ccco1. The molecule has 0 fully saturated rings. The van der Waals surface area contributed by atoms with E-state index >= 15 is 0 Å². The largest absolute Gasteiger partial charge is 0.461 e. The smallest absolute Gasteiger partial charge is 0.270 e. The predicted octanol–water partition coefficient (Wildman–Crippen LogP) is 8.83. The number of rotatable bonds is 9. The molecule has 1 aliphatic carbocycles. The quantitative estimate of drug-likeness (QED) is 0.0955. The Morgan fingerprint density at radius 3 is 2.70 bits per heavy atom. The van der Waals surface area contributed by atoms with Crippen molar-refractivity contribution in [1.82, 2.24) is 14.8 Å². The van der Waals surface area contributed by atoms with E-state index in [2.05, 4.69) is 36.3 Å². The van der Waals surface area contributed by atoms with E-state index in [0.717, 1.165) is 24.8 Å². The Balaban J connectivity index is 1.39. The Bertz CT molecular complexity index is 1910. The number of nitrogens with one attached hydrogen (secondary N) is 1. The summed E-state index contributed by atoms with van der Waals surface area (Å²) in [6.07, 6.45) is 5.87. The van der Waals surface area contributed by atoms with Gasteiger partial charge in [-0.15, -0.1) is 21.5 Å². The van der Waals surface area contributed by atoms with Crippen LogP contribution in [0, 0.1) is 21.4 Å². The van der Waals surface area contributed by atoms with Gasteiger partial charge in [0.1, 0.15) is 5.00 Å². The monoisotopic (exact) mass is 654 g/mol. The highest BCUT2D eigenvalue weighted by Crippen LogP contribution is 2.45. The van der Waals surface area contributed by atoms with Crippen molar-refractivity contribution in [3.8, 4) is 11.6 Å². The molecule has 12 heteroatoms. The first-order valence-electron chi connectivity index (χ1n) is 15.1. The topological polar surface area (TPSA) is 128 Å². The highest BCUT2D eigenvalue weighted by atomic mass is 32.2. The zero-order valence-electron chi connectivity index (χ0n) is 26.0. The van der Waals surface area contributed by atoms with Crippen molar-refractivity contribution in [3.63, 3.8) is 0 Å². The summed E-state index contributed by atoms with van der Waals surface area (Å²) in [5, 5.41) is 24.7. The van der Waals surface area contributed by atoms with Crippen molar-refractivity contribution in [2.45, 2.75) is 63.6 Å². The van der Waals surface area contributed by atoms with Crippen LogP contribution in [0.15, 0.2) is 86.4 Å². The number of carbonyl (C=O) groups excluding carboxylic acids is 1. The molecule has 6 rings (SSSR count). The number of carbonyl (C=O) groups is 1. The van der Waals surface area contributed by atoms with Gasteiger partial charge in [-0.2, -0.15) is 0 Å². The van der Waals surface area contributed by atoms with Gasteiger partial charge in [-0.3, -0.25) is 19.5 Å². The second-order valence-corrected chi connectivity index (χ2v) is 14.3. The van der Waals surface area contributed by atoms with Gasteiger partial charge >= 0.3 is 0 Å². The fourth-order valence-electron chi connectivity index (χ4n) is 5.66. The Morgan fingerprint density at radius 1 is 1.20 bits per heavy atom. The first-order valence-corrected chi connectivity index (χ1v) is 16.7. The molecule has 2 aromatic carbocycles. The Labute approximate surface area is 275 Å². The van der Waals surface area contributed by atoms with Crippen LogP contribution in [-0.2, 0) is 19.4 Å². The van der Waals surface area contributed by atoms with Gasteiger partial charge in [0.15, 0.2) is 16.7 Å². The Morgan fingerprint density at radius 2 is 2.00 bits per heavy atom. The summed E-state index contributed by atoms with van der Waals surface area (Å²) in [7, 11) is 0. The number of non-ortho nitro benzene ring substituents is 1. The van der Waals surface area contributed by atoms with E-state index in [9.17, 15) is 14.9 Å². The number of nitro benzene ring substituents is 1. The summed E-state index contributed by atoms with van der Waals surface area (Å²) in [5.74, 6) is 1.48. The molecule has 0 spiro atoms. The minimum absolute atomic E-state index is 0.0560. The van der Waals surface area contributed by atoms with Crippen LogP contribution in [0.3, 0.4) is 0 Å². The number of hydrogen-bond donors (Lipinski definition) is 1. The number of aliphatic imine (C=N–C) groups is 1. The zero-order valence-corrected chi connectivity index (χ0v) is 27.7. The number of nitro groups is 1. The maximum Gasteiger partial charge on any atom is 0.270 e. The van der Waals surface area contributed by atoms with E-state index in [4.69, 9.17) is 9.41 Å². The van der Waals surface area contributed by atoms with Crippen LogP contribution in [0.4, 0.5) is 16.4 Å². The van der Waals surface area contributed by atoms with E-state index < -0.39 is 4.92 Å². The van der Waals surface area contributed by atoms with Crippen LogP contribution >= 0.6 is 23.1 Å². The molecule has 46 heavy (non-hydrogen) atoms. The lowest BCUT2D eigenvalue weighted by molar-refractivity contribution is -0.384. The van der Waals surface area contributed by atoms with Crippen molar-refractivity contribution in [2.75, 3.05) is 5.32 Å². The van der Waals surface area contributed by atoms with E-state index in [-0.39, 0.29) is 17.0 Å². The lowest BCUT2D eigenvalue weighted by Gasteiger charge is -2.33. The summed E-state index contributed by atoms with van der Waals surface area (Å²) < 4.78 is 7.47. The Kier molecular flexibility index (Phi) is 8.92. The number of aromatic nitrogens is 3. The van der Waals surface area contributed by atoms with Crippen LogP contribution < -0.4 is 5.32 Å². The standard InChI is InChI=1S/C34H34N6O4S2/c1-5-39-30(26-12-9-17-44-26)37-38-33(39)46-27-16-14-24(40(42)43)18-21(27)20-35-32-29(31(41)36-23-10-7-6-8-11-23)25-15-13-22(34(2,3)4)19-28(25)45-32/h6-12,14,16-18,20,22H,5,13,15,19H2,1-4H3,(H,36,41)/t22-/m0/s1. The highest BCUT2D eigenvalue weighted by Gasteiger charge is 2.34. The normalized spacial score (nSPS) is 14.8. The number of fused-ring (bicyclic) bond motifs is 1. The number of thiophene rings is 1. The second-order valence-electron chi connectivity index (χ2n) is 12.2. The summed E-state index contributed by atoms with van der Waals surface area (Å²) in [6, 6.07) is 17.7. The number of amides is 1. The van der Waals surface area contributed by atoms with Gasteiger partial charge in [-0.25, -0.2) is 4.99 Å². The van der Waals surface area contributed by atoms with Crippen molar-refractivity contribution in [2.24, 2.45) is 16.3 Å². The maximum atomic E-state index is 13.8. The molecule has 0 aliphatic heterocycles. The molecule has 0 bridgehead atoms. The van der Waals surface area contributed by atoms with Crippen LogP contribution in [0.5, 0.6) is 0 Å². The van der Waals surface area contributed by atoms with E-state index in [1.807, 2.05) is 47.9 Å². The molecule has 236 valence electrons. The third kappa shape index (κ3) is 6.54. The van der Waals surface area contributed by atoms with Gasteiger partial charge in [0.25, 0.3) is 11.6 Å². The first-order chi connectivity index (χ1) is 22.1. The Hall–Kier alpha value is -4.55. The van der Waals surface area contributed by atoms with Crippen LogP contribution in [0.2, 0.25) is 0 Å². The maximum absolute atomic E-state index is 13.8. The number of benzene rings is 2. The average Bonchev–Trinajstić information content (AvgIpc) is 3.78. The third-order valence-electron chi connectivity index (χ3n) is 8.23. The van der Waals surface area contributed by atoms with E-state index in [1.165, 1.54) is 40.1 Å². The zero-order chi connectivity index (χ0) is 32.4. The van der Waals surface area contributed by atoms with Gasteiger partial charge in [0, 0.05) is 45.9 Å². The van der Waals surface area contributed by atoms with Crippen LogP contribution in [-0.4, -0.2) is 31.8 Å². The van der Waals surface area contributed by atoms with Crippen molar-refractivity contribution >= 4 is 51.6 Å². The molecule has 10 nitrogen and oxygen atoms in total. The van der Waals surface area contributed by atoms with Gasteiger partial charge in [0.05, 0.1) is 16.7 Å². The molecule has 0 radical (unpaired) electrons. The van der Waals surface area contributed by atoms with Crippen molar-refractivity contribution < 1.29 is 14.1 Å². The number of para-hydroxylation sites is 1. The summed E-state index contributed by atoms with van der Waals surface area (Å²) in [4.78, 5) is 31.9. The number of nitrogens with zero attached hydrogens (tertiary/aromatic N) is 5. The molecular weight excluding hydrogens is 621 g/mol. The minimum atomic E-state index is -0.426. The van der Waals surface area contributed by atoms with Crippen LogP contribution in [0.25, 0.3) is 11.6 Å². The molecule has 1 N–H and O–H groups in total. The lowest BCUT2D eigenvalue weighted by atomic mass is 9.72. The van der Waals surface area contributed by atoms with Crippen LogP contribution in [0.1, 0.15) is 60.5 Å². The van der Waals surface area contributed by atoms with E-state index in [0.29, 0.717) is 55.9 Å². The summed E-state index contributed by atoms with van der Waals surface area (Å²) in [5.41, 5.74) is 2.94. The molecule has 1 atom stereocenters. The minimum Gasteiger partial charge on any atom is -0.461 e. The molecule has 0 unspecified atom stereocenters. The molecule has 5 aromatic rings.